The maximum Gasteiger partial charge on any atom is 0.452 e. The molecule has 1 N–H and O–H groups in total. The number of nitrogens with zero attached hydrogens (tertiary/aromatic N) is 2. The maximum absolute atomic E-state index is 9.38. The quantitative estimate of drug-likeness (QED) is 0.501. The Morgan fingerprint density at radius 1 is 1.39 bits per heavy atom. The molecule has 88 valence electrons. The van der Waals surface area contributed by atoms with E-state index in [4.69, 9.17) is 16.6 Å². The van der Waals surface area contributed by atoms with Gasteiger partial charge in [0, 0.05) is 5.56 Å². The van der Waals surface area contributed by atoms with E-state index in [0.29, 0.717) is 0 Å². The van der Waals surface area contributed by atoms with Gasteiger partial charge in [0.25, 0.3) is 0 Å². The van der Waals surface area contributed by atoms with Crippen molar-refractivity contribution in [3.63, 3.8) is 0 Å². The zero-order valence-electron chi connectivity index (χ0n) is 9.63. The fraction of sp³-hybridized carbons (Fsp3) is 0.143. The van der Waals surface area contributed by atoms with Crippen molar-refractivity contribution in [3.8, 4) is 24.2 Å². The smallest absolute Gasteiger partial charge is 0.452 e. The van der Waals surface area contributed by atoms with Crippen molar-refractivity contribution in [3.05, 3.63) is 52.5 Å². The Balaban J connectivity index is 2.56. The van der Waals surface area contributed by atoms with E-state index >= 15 is 0 Å². The van der Waals surface area contributed by atoms with Crippen LogP contribution in [-0.4, -0.2) is 11.7 Å². The van der Waals surface area contributed by atoms with E-state index in [-0.39, 0.29) is 18.7 Å². The molecule has 0 spiro atoms. The van der Waals surface area contributed by atoms with E-state index in [1.54, 1.807) is 0 Å². The molecule has 4 heteroatoms. The van der Waals surface area contributed by atoms with Crippen LogP contribution < -0.4 is 0 Å². The zero-order valence-corrected chi connectivity index (χ0v) is 9.63. The van der Waals surface area contributed by atoms with Crippen LogP contribution in [0.1, 0.15) is 12.0 Å². The highest BCUT2D eigenvalue weighted by molar-refractivity contribution is 5.33. The first-order chi connectivity index (χ1) is 8.77. The van der Waals surface area contributed by atoms with Crippen LogP contribution >= 0.6 is 0 Å². The summed E-state index contributed by atoms with van der Waals surface area (Å²) >= 11 is 0. The molecule has 0 heterocycles. The largest absolute Gasteiger partial charge is 0.475 e. The number of ether oxygens (including phenoxy) is 1. The number of allylic oxidation sites excluding steroid dienone is 1. The Labute approximate surface area is 106 Å². The molecule has 1 rings (SSSR count). The monoisotopic (exact) mass is 239 g/mol. The molecular formula is C14H11N2O2+. The lowest BCUT2D eigenvalue weighted by Gasteiger charge is -1.95. The summed E-state index contributed by atoms with van der Waals surface area (Å²) in [5, 5.41) is 17.9. The van der Waals surface area contributed by atoms with Crippen molar-refractivity contribution in [2.24, 2.45) is 0 Å². The SMILES string of the molecule is C#CC/C([N+]#N)=C(\O)OCC#Cc1ccccc1. The van der Waals surface area contributed by atoms with E-state index < -0.39 is 5.95 Å². The van der Waals surface area contributed by atoms with Gasteiger partial charge in [-0.2, -0.15) is 0 Å². The molecule has 1 aromatic rings. The highest BCUT2D eigenvalue weighted by Gasteiger charge is 2.18. The van der Waals surface area contributed by atoms with Crippen LogP contribution in [0.15, 0.2) is 42.0 Å². The van der Waals surface area contributed by atoms with Gasteiger partial charge in [0.2, 0.25) is 5.39 Å². The molecule has 0 saturated heterocycles. The van der Waals surface area contributed by atoms with Gasteiger partial charge in [-0.05, 0) is 12.1 Å². The average molecular weight is 239 g/mol. The number of aliphatic hydroxyl groups excluding tert-OH is 1. The molecule has 0 atom stereocenters. The van der Waals surface area contributed by atoms with Crippen LogP contribution in [0.2, 0.25) is 0 Å². The average Bonchev–Trinajstić information content (AvgIpc) is 2.42. The summed E-state index contributed by atoms with van der Waals surface area (Å²) in [5.74, 6) is 7.27. The predicted octanol–water partition coefficient (Wildman–Crippen LogP) is 2.66. The van der Waals surface area contributed by atoms with E-state index in [2.05, 4.69) is 22.7 Å². The van der Waals surface area contributed by atoms with Gasteiger partial charge in [0.15, 0.2) is 11.6 Å². The van der Waals surface area contributed by atoms with Crippen LogP contribution in [-0.2, 0) is 4.74 Å². The minimum atomic E-state index is -0.516. The van der Waals surface area contributed by atoms with Gasteiger partial charge in [-0.3, -0.25) is 0 Å². The summed E-state index contributed by atoms with van der Waals surface area (Å²) in [6.07, 6.45) is 5.00. The first-order valence-electron chi connectivity index (χ1n) is 5.15. The molecule has 0 aliphatic rings. The number of hydrogen-bond donors (Lipinski definition) is 1. The number of diazo groups is 1. The minimum Gasteiger partial charge on any atom is -0.475 e. The number of aliphatic hydroxyl groups is 1. The standard InChI is InChI=1S/C14H10N2O2/c1-2-7-13(16-15)14(17)18-11-6-10-12-8-4-3-5-9-12/h1,3-5,8-9H,7,11H2/p+1/b14-13-. The second-order valence-corrected chi connectivity index (χ2v) is 3.19. The molecule has 1 aromatic carbocycles. The number of benzene rings is 1. The first-order valence-corrected chi connectivity index (χ1v) is 5.15. The molecule has 0 unspecified atom stereocenters. The Hall–Kier alpha value is -2.90. The molecule has 0 radical (unpaired) electrons. The number of rotatable bonds is 3. The Kier molecular flexibility index (Phi) is 5.40. The van der Waals surface area contributed by atoms with E-state index in [1.165, 1.54) is 0 Å². The summed E-state index contributed by atoms with van der Waals surface area (Å²) in [4.78, 5) is 2.83. The number of hydrogen-bond acceptors (Lipinski definition) is 3. The molecule has 0 aliphatic carbocycles. The van der Waals surface area contributed by atoms with Crippen molar-refractivity contribution in [2.75, 3.05) is 6.61 Å². The van der Waals surface area contributed by atoms with E-state index in [9.17, 15) is 5.11 Å². The molecule has 0 bridgehead atoms. The van der Waals surface area contributed by atoms with Gasteiger partial charge in [-0.15, -0.1) is 6.42 Å². The summed E-state index contributed by atoms with van der Waals surface area (Å²) in [6, 6.07) is 9.35. The third-order valence-corrected chi connectivity index (χ3v) is 1.92. The molecule has 18 heavy (non-hydrogen) atoms. The van der Waals surface area contributed by atoms with Crippen molar-refractivity contribution in [1.29, 1.82) is 5.39 Å². The predicted molar refractivity (Wildman–Crippen MR) is 67.5 cm³/mol. The zero-order chi connectivity index (χ0) is 13.2. The summed E-state index contributed by atoms with van der Waals surface area (Å²) in [5.41, 5.74) is 0.749. The van der Waals surface area contributed by atoms with E-state index in [1.807, 2.05) is 30.3 Å². The fourth-order valence-electron chi connectivity index (χ4n) is 1.10. The summed E-state index contributed by atoms with van der Waals surface area (Å²) < 4.78 is 4.88. The third kappa shape index (κ3) is 4.31. The lowest BCUT2D eigenvalue weighted by atomic mass is 10.2. The fourth-order valence-corrected chi connectivity index (χ4v) is 1.10. The second-order valence-electron chi connectivity index (χ2n) is 3.19. The summed E-state index contributed by atoms with van der Waals surface area (Å²) in [6.45, 7) is -0.0235. The highest BCUT2D eigenvalue weighted by Crippen LogP contribution is 2.08. The Morgan fingerprint density at radius 2 is 2.11 bits per heavy atom. The molecular weight excluding hydrogens is 228 g/mol. The van der Waals surface area contributed by atoms with Gasteiger partial charge in [0.05, 0.1) is 0 Å². The third-order valence-electron chi connectivity index (χ3n) is 1.92. The second kappa shape index (κ2) is 7.39. The normalized spacial score (nSPS) is 10.1. The molecule has 0 saturated carbocycles. The van der Waals surface area contributed by atoms with Gasteiger partial charge < -0.3 is 9.84 Å². The summed E-state index contributed by atoms with van der Waals surface area (Å²) in [7, 11) is 0. The highest BCUT2D eigenvalue weighted by atomic mass is 16.6. The van der Waals surface area contributed by atoms with Gasteiger partial charge >= 0.3 is 11.6 Å². The number of terminal acetylenes is 1. The van der Waals surface area contributed by atoms with Crippen LogP contribution in [0.25, 0.3) is 4.98 Å². The van der Waals surface area contributed by atoms with Crippen molar-refractivity contribution < 1.29 is 9.84 Å². The van der Waals surface area contributed by atoms with Crippen molar-refractivity contribution in [2.45, 2.75) is 6.42 Å². The first kappa shape index (κ1) is 13.2. The molecule has 0 fully saturated rings. The lowest BCUT2D eigenvalue weighted by molar-refractivity contribution is 0.111. The molecule has 0 aliphatic heterocycles. The van der Waals surface area contributed by atoms with Crippen LogP contribution in [0, 0.1) is 29.6 Å². The van der Waals surface area contributed by atoms with Crippen LogP contribution in [0.5, 0.6) is 0 Å². The molecule has 0 aromatic heterocycles. The maximum atomic E-state index is 9.38. The van der Waals surface area contributed by atoms with Gasteiger partial charge in [-0.1, -0.05) is 36.0 Å². The van der Waals surface area contributed by atoms with Crippen molar-refractivity contribution >= 4 is 0 Å². The van der Waals surface area contributed by atoms with E-state index in [0.717, 1.165) is 5.56 Å². The lowest BCUT2D eigenvalue weighted by Crippen LogP contribution is -1.95. The topological polar surface area (TPSA) is 57.6 Å². The minimum absolute atomic E-state index is 0.0194. The molecule has 0 amide bonds. The van der Waals surface area contributed by atoms with Crippen LogP contribution in [0.3, 0.4) is 0 Å². The van der Waals surface area contributed by atoms with Crippen LogP contribution in [0.4, 0.5) is 0 Å². The Bertz CT molecular complexity index is 566. The van der Waals surface area contributed by atoms with Gasteiger partial charge in [-0.25, -0.2) is 0 Å². The Morgan fingerprint density at radius 3 is 2.72 bits per heavy atom. The molecule has 4 nitrogen and oxygen atoms in total. The van der Waals surface area contributed by atoms with Gasteiger partial charge in [0.1, 0.15) is 6.42 Å². The van der Waals surface area contributed by atoms with Crippen molar-refractivity contribution in [1.82, 2.24) is 0 Å².